The lowest BCUT2D eigenvalue weighted by Crippen LogP contribution is -2.49. The quantitative estimate of drug-likeness (QED) is 0.499. The maximum absolute atomic E-state index is 13.2. The number of hydrogen-bond donors (Lipinski definition) is 3. The van der Waals surface area contributed by atoms with Crippen molar-refractivity contribution in [2.75, 3.05) is 13.2 Å². The molecule has 1 fully saturated rings. The largest absolute Gasteiger partial charge is 0.394 e. The fraction of sp³-hybridized carbons (Fsp3) is 0.364. The number of nitrogens with zero attached hydrogens (tertiary/aromatic N) is 1. The molecule has 31 heavy (non-hydrogen) atoms. The van der Waals surface area contributed by atoms with Crippen LogP contribution in [0.4, 0.5) is 0 Å². The summed E-state index contributed by atoms with van der Waals surface area (Å²) in [5.74, 6) is 0. The number of para-hydroxylation sites is 1. The third-order valence-electron chi connectivity index (χ3n) is 5.43. The fourth-order valence-electron chi connectivity index (χ4n) is 3.79. The predicted molar refractivity (Wildman–Crippen MR) is 113 cm³/mol. The Bertz CT molecular complexity index is 1130. The monoisotopic (exact) mass is 447 g/mol. The van der Waals surface area contributed by atoms with Gasteiger partial charge >= 0.3 is 0 Å². The van der Waals surface area contributed by atoms with Crippen molar-refractivity contribution < 1.29 is 33.2 Å². The Labute approximate surface area is 180 Å². The van der Waals surface area contributed by atoms with Crippen molar-refractivity contribution in [3.63, 3.8) is 0 Å². The SMILES string of the molecule is O=S(=O)(c1ccccc1)n1cc(CCO[C@H]2O[C@H](CO)[C@@H](O)C[C@H]2O)c2ccccc21. The first kappa shape index (κ1) is 21.9. The van der Waals surface area contributed by atoms with Gasteiger partial charge in [0.05, 0.1) is 29.7 Å². The molecule has 0 radical (unpaired) electrons. The minimum Gasteiger partial charge on any atom is -0.394 e. The molecule has 0 saturated carbocycles. The molecule has 0 spiro atoms. The fourth-order valence-corrected chi connectivity index (χ4v) is 5.20. The van der Waals surface area contributed by atoms with Crippen LogP contribution in [0.3, 0.4) is 0 Å². The Hall–Kier alpha value is -2.27. The highest BCUT2D eigenvalue weighted by Crippen LogP contribution is 2.27. The molecule has 0 aliphatic carbocycles. The molecular formula is C22H25NO7S. The molecule has 0 unspecified atom stereocenters. The van der Waals surface area contributed by atoms with Crippen LogP contribution >= 0.6 is 0 Å². The van der Waals surface area contributed by atoms with Gasteiger partial charge in [-0.3, -0.25) is 0 Å². The van der Waals surface area contributed by atoms with Crippen molar-refractivity contribution in [2.24, 2.45) is 0 Å². The highest BCUT2D eigenvalue weighted by atomic mass is 32.2. The Morgan fingerprint density at radius 3 is 2.48 bits per heavy atom. The molecule has 0 bridgehead atoms. The van der Waals surface area contributed by atoms with Crippen molar-refractivity contribution in [1.82, 2.24) is 3.97 Å². The van der Waals surface area contributed by atoms with Crippen LogP contribution in [0.1, 0.15) is 12.0 Å². The normalized spacial score (nSPS) is 24.5. The van der Waals surface area contributed by atoms with E-state index in [1.165, 1.54) is 3.97 Å². The van der Waals surface area contributed by atoms with Gasteiger partial charge in [-0.15, -0.1) is 0 Å². The Morgan fingerprint density at radius 1 is 1.03 bits per heavy atom. The Morgan fingerprint density at radius 2 is 1.74 bits per heavy atom. The van der Waals surface area contributed by atoms with E-state index in [-0.39, 0.29) is 24.5 Å². The number of fused-ring (bicyclic) bond motifs is 1. The minimum atomic E-state index is -3.76. The van der Waals surface area contributed by atoms with Crippen LogP contribution in [-0.2, 0) is 25.9 Å². The van der Waals surface area contributed by atoms with E-state index in [4.69, 9.17) is 9.47 Å². The zero-order valence-electron chi connectivity index (χ0n) is 16.7. The molecule has 2 heterocycles. The molecule has 166 valence electrons. The van der Waals surface area contributed by atoms with E-state index >= 15 is 0 Å². The molecular weight excluding hydrogens is 422 g/mol. The average Bonchev–Trinajstić information content (AvgIpc) is 3.15. The van der Waals surface area contributed by atoms with Crippen LogP contribution in [0.15, 0.2) is 65.7 Å². The van der Waals surface area contributed by atoms with Gasteiger partial charge in [0, 0.05) is 18.0 Å². The second-order valence-electron chi connectivity index (χ2n) is 7.50. The molecule has 1 aliphatic heterocycles. The van der Waals surface area contributed by atoms with Gasteiger partial charge in [0.2, 0.25) is 0 Å². The molecule has 3 aromatic rings. The summed E-state index contributed by atoms with van der Waals surface area (Å²) in [4.78, 5) is 0.200. The van der Waals surface area contributed by atoms with Gasteiger partial charge in [-0.05, 0) is 30.2 Å². The van der Waals surface area contributed by atoms with Crippen molar-refractivity contribution in [3.8, 4) is 0 Å². The second-order valence-corrected chi connectivity index (χ2v) is 9.32. The van der Waals surface area contributed by atoms with Gasteiger partial charge in [0.15, 0.2) is 6.29 Å². The summed E-state index contributed by atoms with van der Waals surface area (Å²) in [5, 5.41) is 29.9. The first-order chi connectivity index (χ1) is 14.9. The second kappa shape index (κ2) is 9.07. The molecule has 9 heteroatoms. The first-order valence-electron chi connectivity index (χ1n) is 10.1. The molecule has 3 N–H and O–H groups in total. The summed E-state index contributed by atoms with van der Waals surface area (Å²) in [7, 11) is -3.76. The molecule has 1 aromatic heterocycles. The molecule has 4 rings (SSSR count). The number of rotatable bonds is 7. The molecule has 8 nitrogen and oxygen atoms in total. The van der Waals surface area contributed by atoms with Gasteiger partial charge in [-0.25, -0.2) is 12.4 Å². The van der Waals surface area contributed by atoms with Gasteiger partial charge in [0.25, 0.3) is 10.0 Å². The summed E-state index contributed by atoms with van der Waals surface area (Å²) in [6, 6.07) is 15.5. The maximum atomic E-state index is 13.2. The predicted octanol–water partition coefficient (Wildman–Crippen LogP) is 1.27. The lowest BCUT2D eigenvalue weighted by molar-refractivity contribution is -0.269. The van der Waals surface area contributed by atoms with Gasteiger partial charge < -0.3 is 24.8 Å². The zero-order chi connectivity index (χ0) is 22.0. The summed E-state index contributed by atoms with van der Waals surface area (Å²) in [5.41, 5.74) is 1.35. The van der Waals surface area contributed by atoms with E-state index in [1.807, 2.05) is 12.1 Å². The van der Waals surface area contributed by atoms with Gasteiger partial charge in [-0.2, -0.15) is 0 Å². The van der Waals surface area contributed by atoms with E-state index in [0.29, 0.717) is 11.9 Å². The molecule has 2 aromatic carbocycles. The molecule has 1 saturated heterocycles. The zero-order valence-corrected chi connectivity index (χ0v) is 17.6. The highest BCUT2D eigenvalue weighted by molar-refractivity contribution is 7.90. The number of benzene rings is 2. The van der Waals surface area contributed by atoms with Crippen molar-refractivity contribution in [2.45, 2.75) is 42.3 Å². The summed E-state index contributed by atoms with van der Waals surface area (Å²) < 4.78 is 38.7. The lowest BCUT2D eigenvalue weighted by Gasteiger charge is -2.36. The summed E-state index contributed by atoms with van der Waals surface area (Å²) in [6.45, 7) is -0.214. The molecule has 1 aliphatic rings. The van der Waals surface area contributed by atoms with Crippen LogP contribution < -0.4 is 0 Å². The lowest BCUT2D eigenvalue weighted by atomic mass is 10.0. The van der Waals surface area contributed by atoms with Crippen molar-refractivity contribution >= 4 is 20.9 Å². The van der Waals surface area contributed by atoms with Crippen LogP contribution in [0.25, 0.3) is 10.9 Å². The number of ether oxygens (including phenoxy) is 2. The highest BCUT2D eigenvalue weighted by Gasteiger charge is 2.36. The smallest absolute Gasteiger partial charge is 0.268 e. The standard InChI is InChI=1S/C22H25NO7S/c24-14-21-19(25)12-20(26)22(30-21)29-11-10-15-13-23(18-9-5-4-8-17(15)18)31(27,28)16-6-2-1-3-7-16/h1-9,13,19-22,24-26H,10-12,14H2/t19-,20+,21+,22-/m0/s1. The topological polar surface area (TPSA) is 118 Å². The average molecular weight is 448 g/mol. The van der Waals surface area contributed by atoms with Crippen molar-refractivity contribution in [3.05, 3.63) is 66.4 Å². The van der Waals surface area contributed by atoms with E-state index in [2.05, 4.69) is 0 Å². The summed E-state index contributed by atoms with van der Waals surface area (Å²) >= 11 is 0. The van der Waals surface area contributed by atoms with E-state index < -0.39 is 34.6 Å². The minimum absolute atomic E-state index is 0.0462. The van der Waals surface area contributed by atoms with Crippen LogP contribution in [0.5, 0.6) is 0 Å². The van der Waals surface area contributed by atoms with Crippen LogP contribution in [0, 0.1) is 0 Å². The summed E-state index contributed by atoms with van der Waals surface area (Å²) in [6.07, 6.45) is -1.73. The van der Waals surface area contributed by atoms with Gasteiger partial charge in [0.1, 0.15) is 12.2 Å². The number of aliphatic hydroxyl groups excluding tert-OH is 3. The number of hydrogen-bond acceptors (Lipinski definition) is 7. The molecule has 4 atom stereocenters. The van der Waals surface area contributed by atoms with E-state index in [1.54, 1.807) is 48.7 Å². The third-order valence-corrected chi connectivity index (χ3v) is 7.12. The van der Waals surface area contributed by atoms with Crippen LogP contribution in [0.2, 0.25) is 0 Å². The number of aromatic nitrogens is 1. The number of aliphatic hydroxyl groups is 3. The van der Waals surface area contributed by atoms with Crippen molar-refractivity contribution in [1.29, 1.82) is 0 Å². The van der Waals surface area contributed by atoms with Gasteiger partial charge in [-0.1, -0.05) is 36.4 Å². The Kier molecular flexibility index (Phi) is 6.42. The Balaban J connectivity index is 1.54. The molecule has 0 amide bonds. The third kappa shape index (κ3) is 4.38. The first-order valence-corrected chi connectivity index (χ1v) is 11.5. The van der Waals surface area contributed by atoms with Crippen LogP contribution in [-0.4, -0.2) is 65.5 Å². The van der Waals surface area contributed by atoms with E-state index in [0.717, 1.165) is 10.9 Å². The maximum Gasteiger partial charge on any atom is 0.268 e. The van der Waals surface area contributed by atoms with E-state index in [9.17, 15) is 23.7 Å².